The van der Waals surface area contributed by atoms with Crippen molar-refractivity contribution in [1.82, 2.24) is 10.0 Å². The standard InChI is InChI=1S/C25H28N2O5S/c1-18-15-22(13-14-24(18)32-3)33(29,30)27-23(16-19-7-5-4-6-8-19)25(28)26-17-20-9-11-21(31-2)12-10-20/h4-15,23,27H,16-17H2,1-3H3,(H,26,28)/t23-/m0/s1. The van der Waals surface area contributed by atoms with Crippen molar-refractivity contribution < 1.29 is 22.7 Å². The van der Waals surface area contributed by atoms with Gasteiger partial charge in [0.1, 0.15) is 17.5 Å². The van der Waals surface area contributed by atoms with Gasteiger partial charge in [0.05, 0.1) is 19.1 Å². The Balaban J connectivity index is 1.79. The fourth-order valence-corrected chi connectivity index (χ4v) is 4.65. The molecule has 3 aromatic rings. The number of aryl methyl sites for hydroxylation is 1. The number of rotatable bonds is 10. The maximum absolute atomic E-state index is 13.1. The van der Waals surface area contributed by atoms with Crippen molar-refractivity contribution >= 4 is 15.9 Å². The van der Waals surface area contributed by atoms with Gasteiger partial charge in [0.2, 0.25) is 15.9 Å². The Morgan fingerprint density at radius 2 is 1.61 bits per heavy atom. The van der Waals surface area contributed by atoms with Crippen molar-refractivity contribution in [2.24, 2.45) is 0 Å². The number of amides is 1. The van der Waals surface area contributed by atoms with E-state index in [9.17, 15) is 13.2 Å². The molecule has 0 heterocycles. The number of hydrogen-bond donors (Lipinski definition) is 2. The van der Waals surface area contributed by atoms with Crippen LogP contribution in [0.3, 0.4) is 0 Å². The molecule has 33 heavy (non-hydrogen) atoms. The number of nitrogens with one attached hydrogen (secondary N) is 2. The molecule has 0 bridgehead atoms. The van der Waals surface area contributed by atoms with Crippen molar-refractivity contribution in [3.63, 3.8) is 0 Å². The van der Waals surface area contributed by atoms with Crippen LogP contribution in [-0.2, 0) is 27.8 Å². The molecular weight excluding hydrogens is 440 g/mol. The van der Waals surface area contributed by atoms with Crippen molar-refractivity contribution in [3.05, 3.63) is 89.5 Å². The number of sulfonamides is 1. The summed E-state index contributed by atoms with van der Waals surface area (Å²) in [4.78, 5) is 13.1. The molecule has 2 N–H and O–H groups in total. The third kappa shape index (κ3) is 6.57. The lowest BCUT2D eigenvalue weighted by Gasteiger charge is -2.19. The molecule has 0 fully saturated rings. The van der Waals surface area contributed by atoms with Crippen molar-refractivity contribution in [1.29, 1.82) is 0 Å². The molecule has 0 spiro atoms. The molecule has 7 nitrogen and oxygen atoms in total. The monoisotopic (exact) mass is 468 g/mol. The lowest BCUT2D eigenvalue weighted by atomic mass is 10.1. The quantitative estimate of drug-likeness (QED) is 0.477. The molecule has 3 aromatic carbocycles. The molecule has 0 aliphatic heterocycles. The number of carbonyl (C=O) groups is 1. The second kappa shape index (κ2) is 11.0. The van der Waals surface area contributed by atoms with Gasteiger partial charge in [0.15, 0.2) is 0 Å². The van der Waals surface area contributed by atoms with Crippen LogP contribution in [0.15, 0.2) is 77.7 Å². The van der Waals surface area contributed by atoms with Crippen LogP contribution in [0.5, 0.6) is 11.5 Å². The Bertz CT molecular complexity index is 1180. The van der Waals surface area contributed by atoms with E-state index in [0.29, 0.717) is 11.3 Å². The molecule has 3 rings (SSSR count). The number of benzene rings is 3. The average Bonchev–Trinajstić information content (AvgIpc) is 2.83. The molecule has 174 valence electrons. The second-order valence-electron chi connectivity index (χ2n) is 7.56. The van der Waals surface area contributed by atoms with E-state index in [0.717, 1.165) is 16.9 Å². The maximum Gasteiger partial charge on any atom is 0.241 e. The third-order valence-corrected chi connectivity index (χ3v) is 6.67. The van der Waals surface area contributed by atoms with Crippen molar-refractivity contribution in [2.75, 3.05) is 14.2 Å². The van der Waals surface area contributed by atoms with Gasteiger partial charge < -0.3 is 14.8 Å². The van der Waals surface area contributed by atoms with E-state index in [1.54, 1.807) is 32.2 Å². The highest BCUT2D eigenvalue weighted by Crippen LogP contribution is 2.21. The zero-order chi connectivity index (χ0) is 23.8. The summed E-state index contributed by atoms with van der Waals surface area (Å²) in [6.45, 7) is 2.03. The van der Waals surface area contributed by atoms with Crippen LogP contribution >= 0.6 is 0 Å². The van der Waals surface area contributed by atoms with Gasteiger partial charge in [-0.3, -0.25) is 4.79 Å². The first-order chi connectivity index (χ1) is 15.8. The van der Waals surface area contributed by atoms with Gasteiger partial charge in [-0.1, -0.05) is 42.5 Å². The number of hydrogen-bond acceptors (Lipinski definition) is 5. The molecule has 8 heteroatoms. The van der Waals surface area contributed by atoms with Crippen LogP contribution in [0.1, 0.15) is 16.7 Å². The van der Waals surface area contributed by atoms with Gasteiger partial charge >= 0.3 is 0 Å². The Morgan fingerprint density at radius 1 is 0.909 bits per heavy atom. The number of carbonyl (C=O) groups excluding carboxylic acids is 1. The summed E-state index contributed by atoms with van der Waals surface area (Å²) in [6.07, 6.45) is 0.212. The molecule has 0 aliphatic rings. The van der Waals surface area contributed by atoms with E-state index in [2.05, 4.69) is 10.0 Å². The molecule has 0 unspecified atom stereocenters. The highest BCUT2D eigenvalue weighted by Gasteiger charge is 2.26. The Labute approximate surface area is 194 Å². The van der Waals surface area contributed by atoms with Crippen LogP contribution in [0, 0.1) is 6.92 Å². The van der Waals surface area contributed by atoms with Crippen LogP contribution in [0.2, 0.25) is 0 Å². The third-order valence-electron chi connectivity index (χ3n) is 5.20. The lowest BCUT2D eigenvalue weighted by Crippen LogP contribution is -2.47. The topological polar surface area (TPSA) is 93.7 Å². The van der Waals surface area contributed by atoms with Gasteiger partial charge in [-0.05, 0) is 60.4 Å². The van der Waals surface area contributed by atoms with E-state index in [4.69, 9.17) is 9.47 Å². The summed E-state index contributed by atoms with van der Waals surface area (Å²) in [5, 5.41) is 2.83. The van der Waals surface area contributed by atoms with Crippen LogP contribution in [0.4, 0.5) is 0 Å². The maximum atomic E-state index is 13.1. The second-order valence-corrected chi connectivity index (χ2v) is 9.27. The zero-order valence-corrected chi connectivity index (χ0v) is 19.7. The summed E-state index contributed by atoms with van der Waals surface area (Å²) >= 11 is 0. The fraction of sp³-hybridized carbons (Fsp3) is 0.240. The Hall–Kier alpha value is -3.36. The number of ether oxygens (including phenoxy) is 2. The van der Waals surface area contributed by atoms with Gasteiger partial charge in [-0.15, -0.1) is 0 Å². The largest absolute Gasteiger partial charge is 0.497 e. The van der Waals surface area contributed by atoms with Crippen LogP contribution in [0.25, 0.3) is 0 Å². The van der Waals surface area contributed by atoms with Gasteiger partial charge in [0, 0.05) is 6.54 Å². The molecule has 0 aliphatic carbocycles. The smallest absolute Gasteiger partial charge is 0.241 e. The van der Waals surface area contributed by atoms with Crippen LogP contribution in [-0.4, -0.2) is 34.6 Å². The number of methoxy groups -OCH3 is 2. The Morgan fingerprint density at radius 3 is 2.21 bits per heavy atom. The highest BCUT2D eigenvalue weighted by molar-refractivity contribution is 7.89. The predicted octanol–water partition coefficient (Wildman–Crippen LogP) is 3.22. The molecule has 0 saturated carbocycles. The lowest BCUT2D eigenvalue weighted by molar-refractivity contribution is -0.122. The van der Waals surface area contributed by atoms with Crippen molar-refractivity contribution in [2.45, 2.75) is 30.8 Å². The summed E-state index contributed by atoms with van der Waals surface area (Å²) in [5.74, 6) is 0.894. The first-order valence-electron chi connectivity index (χ1n) is 10.4. The molecule has 1 atom stereocenters. The van der Waals surface area contributed by atoms with E-state index in [1.807, 2.05) is 42.5 Å². The molecule has 1 amide bonds. The van der Waals surface area contributed by atoms with Gasteiger partial charge in [-0.25, -0.2) is 8.42 Å². The Kier molecular flexibility index (Phi) is 8.08. The highest BCUT2D eigenvalue weighted by atomic mass is 32.2. The molecular formula is C25H28N2O5S. The average molecular weight is 469 g/mol. The van der Waals surface area contributed by atoms with Gasteiger partial charge in [0.25, 0.3) is 0 Å². The molecule has 0 aromatic heterocycles. The van der Waals surface area contributed by atoms with E-state index < -0.39 is 22.0 Å². The first kappa shape index (κ1) is 24.3. The van der Waals surface area contributed by atoms with Gasteiger partial charge in [-0.2, -0.15) is 4.72 Å². The van der Waals surface area contributed by atoms with Crippen LogP contribution < -0.4 is 19.5 Å². The van der Waals surface area contributed by atoms with E-state index in [-0.39, 0.29) is 17.9 Å². The van der Waals surface area contributed by atoms with E-state index >= 15 is 0 Å². The fourth-order valence-electron chi connectivity index (χ4n) is 3.37. The predicted molar refractivity (Wildman–Crippen MR) is 127 cm³/mol. The molecule has 0 radical (unpaired) electrons. The summed E-state index contributed by atoms with van der Waals surface area (Å²) in [5.41, 5.74) is 2.40. The summed E-state index contributed by atoms with van der Waals surface area (Å²) in [7, 11) is -0.837. The summed E-state index contributed by atoms with van der Waals surface area (Å²) in [6, 6.07) is 20.2. The first-order valence-corrected chi connectivity index (χ1v) is 11.9. The normalized spacial score (nSPS) is 12.1. The summed E-state index contributed by atoms with van der Waals surface area (Å²) < 4.78 is 39.1. The SMILES string of the molecule is COc1ccc(CNC(=O)[C@H](Cc2ccccc2)NS(=O)(=O)c2ccc(OC)c(C)c2)cc1. The minimum atomic E-state index is -3.95. The van der Waals surface area contributed by atoms with E-state index in [1.165, 1.54) is 19.2 Å². The minimum Gasteiger partial charge on any atom is -0.497 e. The molecule has 0 saturated heterocycles. The minimum absolute atomic E-state index is 0.0711. The zero-order valence-electron chi connectivity index (χ0n) is 18.9. The van der Waals surface area contributed by atoms with Crippen molar-refractivity contribution in [3.8, 4) is 11.5 Å².